The highest BCUT2D eigenvalue weighted by Crippen LogP contribution is 2.25. The quantitative estimate of drug-likeness (QED) is 0.474. The molecule has 0 bridgehead atoms. The van der Waals surface area contributed by atoms with E-state index < -0.39 is 16.1 Å². The Morgan fingerprint density at radius 3 is 2.29 bits per heavy atom. The molecule has 1 atom stereocenters. The molecule has 0 spiro atoms. The summed E-state index contributed by atoms with van der Waals surface area (Å²) < 4.78 is 39.8. The second kappa shape index (κ2) is 12.7. The lowest BCUT2D eigenvalue weighted by molar-refractivity contribution is -0.141. The molecular formula is C26H36FN3O4S. The Morgan fingerprint density at radius 2 is 1.71 bits per heavy atom. The number of amides is 2. The summed E-state index contributed by atoms with van der Waals surface area (Å²) >= 11 is 0. The van der Waals surface area contributed by atoms with Gasteiger partial charge in [-0.3, -0.25) is 13.9 Å². The maximum absolute atomic E-state index is 13.4. The molecule has 0 heterocycles. The second-order valence-corrected chi connectivity index (χ2v) is 10.5. The zero-order chi connectivity index (χ0) is 26.2. The molecule has 0 radical (unpaired) electrons. The summed E-state index contributed by atoms with van der Waals surface area (Å²) in [7, 11) is -3.56. The number of sulfonamides is 1. The SMILES string of the molecule is CCNC(=O)[C@@H](CC)N(Cc1ccc(F)cc1)C(=O)CCCN(c1cccc(C)c1C)S(C)(=O)=O. The van der Waals surface area contributed by atoms with Gasteiger partial charge in [-0.25, -0.2) is 12.8 Å². The fraction of sp³-hybridized carbons (Fsp3) is 0.462. The molecule has 2 rings (SSSR count). The molecular weight excluding hydrogens is 469 g/mol. The van der Waals surface area contributed by atoms with Gasteiger partial charge in [-0.1, -0.05) is 31.2 Å². The summed E-state index contributed by atoms with van der Waals surface area (Å²) in [4.78, 5) is 27.5. The van der Waals surface area contributed by atoms with Crippen LogP contribution in [0.2, 0.25) is 0 Å². The summed E-state index contributed by atoms with van der Waals surface area (Å²) in [5.41, 5.74) is 3.14. The van der Waals surface area contributed by atoms with E-state index in [1.807, 2.05) is 39.8 Å². The van der Waals surface area contributed by atoms with Gasteiger partial charge >= 0.3 is 0 Å². The summed E-state index contributed by atoms with van der Waals surface area (Å²) in [6.45, 7) is 8.16. The first-order valence-corrected chi connectivity index (χ1v) is 13.7. The van der Waals surface area contributed by atoms with Crippen molar-refractivity contribution in [2.45, 2.75) is 59.5 Å². The van der Waals surface area contributed by atoms with Crippen LogP contribution in [0.4, 0.5) is 10.1 Å². The van der Waals surface area contributed by atoms with E-state index in [2.05, 4.69) is 5.32 Å². The number of hydrogen-bond donors (Lipinski definition) is 1. The first-order valence-electron chi connectivity index (χ1n) is 11.8. The van der Waals surface area contributed by atoms with Gasteiger partial charge in [-0.15, -0.1) is 0 Å². The minimum absolute atomic E-state index is 0.0635. The van der Waals surface area contributed by atoms with Crippen molar-refractivity contribution < 1.29 is 22.4 Å². The van der Waals surface area contributed by atoms with E-state index in [1.165, 1.54) is 21.3 Å². The summed E-state index contributed by atoms with van der Waals surface area (Å²) in [6, 6.07) is 10.6. The number of nitrogens with zero attached hydrogens (tertiary/aromatic N) is 2. The van der Waals surface area contributed by atoms with Gasteiger partial charge in [0.05, 0.1) is 11.9 Å². The Kier molecular flexibility index (Phi) is 10.2. The molecule has 0 aromatic heterocycles. The fourth-order valence-corrected chi connectivity index (χ4v) is 5.00. The molecule has 192 valence electrons. The van der Waals surface area contributed by atoms with Crippen molar-refractivity contribution in [1.29, 1.82) is 0 Å². The van der Waals surface area contributed by atoms with Crippen molar-refractivity contribution in [2.75, 3.05) is 23.7 Å². The molecule has 9 heteroatoms. The Morgan fingerprint density at radius 1 is 1.06 bits per heavy atom. The van der Waals surface area contributed by atoms with Gasteiger partial charge < -0.3 is 10.2 Å². The predicted molar refractivity (Wildman–Crippen MR) is 137 cm³/mol. The van der Waals surface area contributed by atoms with Crippen LogP contribution < -0.4 is 9.62 Å². The largest absolute Gasteiger partial charge is 0.355 e. The molecule has 0 aliphatic carbocycles. The highest BCUT2D eigenvalue weighted by molar-refractivity contribution is 7.92. The van der Waals surface area contributed by atoms with E-state index in [0.717, 1.165) is 17.4 Å². The number of likely N-dealkylation sites (N-methyl/N-ethyl adjacent to an activating group) is 1. The van der Waals surface area contributed by atoms with E-state index in [1.54, 1.807) is 18.2 Å². The number of carbonyl (C=O) groups excluding carboxylic acids is 2. The van der Waals surface area contributed by atoms with Crippen molar-refractivity contribution in [3.05, 3.63) is 65.0 Å². The normalized spacial score (nSPS) is 12.2. The first kappa shape index (κ1) is 28.3. The van der Waals surface area contributed by atoms with E-state index in [0.29, 0.717) is 24.2 Å². The summed E-state index contributed by atoms with van der Waals surface area (Å²) in [5.74, 6) is -0.893. The fourth-order valence-electron chi connectivity index (χ4n) is 3.99. The topological polar surface area (TPSA) is 86.8 Å². The van der Waals surface area contributed by atoms with Crippen molar-refractivity contribution in [2.24, 2.45) is 0 Å². The molecule has 0 unspecified atom stereocenters. The van der Waals surface area contributed by atoms with Crippen LogP contribution in [0.5, 0.6) is 0 Å². The lowest BCUT2D eigenvalue weighted by Gasteiger charge is -2.31. The standard InChI is InChI=1S/C26H36FN3O4S/c1-6-23(26(32)28-7-2)29(18-21-13-15-22(27)16-14-21)25(31)12-9-17-30(35(5,33)34)24-11-8-10-19(3)20(24)4/h8,10-11,13-16,23H,6-7,9,12,17-18H2,1-5H3,(H,28,32)/t23-/m1/s1. The minimum atomic E-state index is -3.56. The van der Waals surface area contributed by atoms with Crippen LogP contribution in [0, 0.1) is 19.7 Å². The number of rotatable bonds is 12. The first-order chi connectivity index (χ1) is 16.5. The van der Waals surface area contributed by atoms with Crippen molar-refractivity contribution >= 4 is 27.5 Å². The monoisotopic (exact) mass is 505 g/mol. The van der Waals surface area contributed by atoms with E-state index in [4.69, 9.17) is 0 Å². The van der Waals surface area contributed by atoms with Crippen molar-refractivity contribution in [3.63, 3.8) is 0 Å². The van der Waals surface area contributed by atoms with Gasteiger partial charge in [0.2, 0.25) is 21.8 Å². The highest BCUT2D eigenvalue weighted by Gasteiger charge is 2.28. The molecule has 0 fully saturated rings. The molecule has 2 amide bonds. The average molecular weight is 506 g/mol. The summed E-state index contributed by atoms with van der Waals surface area (Å²) in [5, 5.41) is 2.77. The van der Waals surface area contributed by atoms with Crippen molar-refractivity contribution in [1.82, 2.24) is 10.2 Å². The third kappa shape index (κ3) is 7.78. The van der Waals surface area contributed by atoms with Crippen molar-refractivity contribution in [3.8, 4) is 0 Å². The van der Waals surface area contributed by atoms with Gasteiger partial charge in [0.15, 0.2) is 0 Å². The molecule has 0 saturated heterocycles. The number of hydrogen-bond acceptors (Lipinski definition) is 4. The average Bonchev–Trinajstić information content (AvgIpc) is 2.79. The second-order valence-electron chi connectivity index (χ2n) is 8.62. The van der Waals surface area contributed by atoms with Crippen LogP contribution in [0.3, 0.4) is 0 Å². The Hall–Kier alpha value is -2.94. The molecule has 0 aliphatic heterocycles. The lowest BCUT2D eigenvalue weighted by Crippen LogP contribution is -2.49. The molecule has 35 heavy (non-hydrogen) atoms. The zero-order valence-corrected chi connectivity index (χ0v) is 22.0. The van der Waals surface area contributed by atoms with Crippen LogP contribution in [0.15, 0.2) is 42.5 Å². The molecule has 0 aliphatic rings. The predicted octanol–water partition coefficient (Wildman–Crippen LogP) is 3.93. The zero-order valence-electron chi connectivity index (χ0n) is 21.2. The molecule has 2 aromatic carbocycles. The number of halogens is 1. The Balaban J connectivity index is 2.23. The van der Waals surface area contributed by atoms with Crippen LogP contribution >= 0.6 is 0 Å². The van der Waals surface area contributed by atoms with E-state index >= 15 is 0 Å². The maximum atomic E-state index is 13.4. The highest BCUT2D eigenvalue weighted by atomic mass is 32.2. The Labute approximate surface area is 208 Å². The van der Waals surface area contributed by atoms with Crippen LogP contribution in [-0.4, -0.2) is 50.5 Å². The number of anilines is 1. The smallest absolute Gasteiger partial charge is 0.242 e. The molecule has 2 aromatic rings. The van der Waals surface area contributed by atoms with Gasteiger partial charge in [-0.2, -0.15) is 0 Å². The third-order valence-corrected chi connectivity index (χ3v) is 7.18. The number of benzene rings is 2. The maximum Gasteiger partial charge on any atom is 0.242 e. The van der Waals surface area contributed by atoms with Gasteiger partial charge in [0, 0.05) is 26.1 Å². The minimum Gasteiger partial charge on any atom is -0.355 e. The van der Waals surface area contributed by atoms with Crippen LogP contribution in [-0.2, 0) is 26.2 Å². The molecule has 0 saturated carbocycles. The lowest BCUT2D eigenvalue weighted by atomic mass is 10.1. The van der Waals surface area contributed by atoms with Gasteiger partial charge in [0.25, 0.3) is 0 Å². The van der Waals surface area contributed by atoms with Crippen LogP contribution in [0.25, 0.3) is 0 Å². The third-order valence-electron chi connectivity index (χ3n) is 6.00. The summed E-state index contributed by atoms with van der Waals surface area (Å²) in [6.07, 6.45) is 1.91. The Bertz CT molecular complexity index is 1120. The molecule has 1 N–H and O–H groups in total. The van der Waals surface area contributed by atoms with Gasteiger partial charge in [0.1, 0.15) is 11.9 Å². The van der Waals surface area contributed by atoms with Gasteiger partial charge in [-0.05, 0) is 68.5 Å². The van der Waals surface area contributed by atoms with E-state index in [9.17, 15) is 22.4 Å². The van der Waals surface area contributed by atoms with Crippen LogP contribution in [0.1, 0.15) is 49.8 Å². The number of aryl methyl sites for hydroxylation is 1. The van der Waals surface area contributed by atoms with E-state index in [-0.39, 0.29) is 43.6 Å². The number of carbonyl (C=O) groups is 2. The number of nitrogens with one attached hydrogen (secondary N) is 1. The molecule has 7 nitrogen and oxygen atoms in total.